The van der Waals surface area contributed by atoms with E-state index in [4.69, 9.17) is 16.1 Å². The molecule has 0 aliphatic rings. The van der Waals surface area contributed by atoms with Crippen LogP contribution in [-0.4, -0.2) is 29.9 Å². The molecule has 0 aliphatic heterocycles. The molecular formula is C19H12ClFN6O. The second kappa shape index (κ2) is 6.58. The molecule has 1 aromatic carbocycles. The molecular weight excluding hydrogens is 383 g/mol. The summed E-state index contributed by atoms with van der Waals surface area (Å²) in [6, 6.07) is 8.49. The van der Waals surface area contributed by atoms with Gasteiger partial charge in [-0.3, -0.25) is 0 Å². The number of benzene rings is 1. The van der Waals surface area contributed by atoms with E-state index in [2.05, 4.69) is 25.2 Å². The molecule has 0 saturated carbocycles. The van der Waals surface area contributed by atoms with Crippen LogP contribution in [0.4, 0.5) is 4.39 Å². The molecule has 5 rings (SSSR count). The van der Waals surface area contributed by atoms with E-state index in [0.29, 0.717) is 28.7 Å². The molecule has 0 saturated heterocycles. The summed E-state index contributed by atoms with van der Waals surface area (Å²) in [7, 11) is 0. The van der Waals surface area contributed by atoms with Crippen LogP contribution in [0.25, 0.3) is 28.1 Å². The Bertz CT molecular complexity index is 1290. The van der Waals surface area contributed by atoms with Crippen molar-refractivity contribution in [2.24, 2.45) is 0 Å². The Morgan fingerprint density at radius 1 is 1.25 bits per heavy atom. The minimum Gasteiger partial charge on any atom is -0.346 e. The number of hydrogen-bond acceptors (Lipinski definition) is 5. The van der Waals surface area contributed by atoms with Crippen LogP contribution >= 0.6 is 11.6 Å². The fourth-order valence-corrected chi connectivity index (χ4v) is 3.17. The average Bonchev–Trinajstić information content (AvgIpc) is 3.43. The highest BCUT2D eigenvalue weighted by Crippen LogP contribution is 2.24. The van der Waals surface area contributed by atoms with E-state index in [9.17, 15) is 4.39 Å². The van der Waals surface area contributed by atoms with E-state index < -0.39 is 5.82 Å². The Morgan fingerprint density at radius 3 is 3.00 bits per heavy atom. The zero-order valence-corrected chi connectivity index (χ0v) is 15.1. The molecule has 138 valence electrons. The molecule has 28 heavy (non-hydrogen) atoms. The van der Waals surface area contributed by atoms with Crippen molar-refractivity contribution < 1.29 is 8.91 Å². The van der Waals surface area contributed by atoms with Gasteiger partial charge >= 0.3 is 0 Å². The monoisotopic (exact) mass is 394 g/mol. The van der Waals surface area contributed by atoms with Crippen molar-refractivity contribution >= 4 is 22.6 Å². The molecule has 0 spiro atoms. The van der Waals surface area contributed by atoms with Crippen molar-refractivity contribution in [3.63, 3.8) is 0 Å². The number of nitrogens with one attached hydrogen (secondary N) is 1. The van der Waals surface area contributed by atoms with Gasteiger partial charge in [-0.05, 0) is 35.9 Å². The van der Waals surface area contributed by atoms with E-state index in [0.717, 1.165) is 16.6 Å². The van der Waals surface area contributed by atoms with Gasteiger partial charge in [0.1, 0.15) is 17.2 Å². The van der Waals surface area contributed by atoms with Gasteiger partial charge in [-0.15, -0.1) is 0 Å². The van der Waals surface area contributed by atoms with Crippen LogP contribution in [0, 0.1) is 5.82 Å². The summed E-state index contributed by atoms with van der Waals surface area (Å²) >= 11 is 5.84. The molecule has 0 bridgehead atoms. The van der Waals surface area contributed by atoms with Gasteiger partial charge in [0.25, 0.3) is 0 Å². The number of fused-ring (bicyclic) bond motifs is 1. The molecule has 5 aromatic rings. The third kappa shape index (κ3) is 2.93. The second-order valence-corrected chi connectivity index (χ2v) is 6.61. The lowest BCUT2D eigenvalue weighted by atomic mass is 10.1. The van der Waals surface area contributed by atoms with Crippen LogP contribution in [0.5, 0.6) is 0 Å². The molecule has 0 aliphatic carbocycles. The summed E-state index contributed by atoms with van der Waals surface area (Å²) < 4.78 is 21.2. The molecule has 0 atom stereocenters. The predicted molar refractivity (Wildman–Crippen MR) is 101 cm³/mol. The standard InChI is InChI=1S/C19H12ClFN6O/c20-13-9-24-27(10-13)16-4-3-11(6-15(16)21)18-25-17(28-26-18)7-12-8-23-19-14(12)2-1-5-22-19/h1-6,8-10H,7H2,(H,22,23). The second-order valence-electron chi connectivity index (χ2n) is 6.17. The highest BCUT2D eigenvalue weighted by Gasteiger charge is 2.14. The first-order valence-electron chi connectivity index (χ1n) is 8.41. The molecule has 7 nitrogen and oxygen atoms in total. The number of pyridine rings is 1. The van der Waals surface area contributed by atoms with Crippen LogP contribution in [-0.2, 0) is 6.42 Å². The average molecular weight is 395 g/mol. The van der Waals surface area contributed by atoms with E-state index in [1.807, 2.05) is 18.3 Å². The van der Waals surface area contributed by atoms with E-state index in [-0.39, 0.29) is 5.69 Å². The smallest absolute Gasteiger partial charge is 0.231 e. The quantitative estimate of drug-likeness (QED) is 0.494. The number of hydrogen-bond donors (Lipinski definition) is 1. The van der Waals surface area contributed by atoms with Crippen molar-refractivity contribution in [1.82, 2.24) is 29.9 Å². The highest BCUT2D eigenvalue weighted by molar-refractivity contribution is 6.30. The lowest BCUT2D eigenvalue weighted by Crippen LogP contribution is -1.98. The first-order valence-corrected chi connectivity index (χ1v) is 8.79. The first-order chi connectivity index (χ1) is 13.7. The molecule has 0 radical (unpaired) electrons. The van der Waals surface area contributed by atoms with Crippen LogP contribution in [0.1, 0.15) is 11.5 Å². The van der Waals surface area contributed by atoms with Gasteiger partial charge in [-0.2, -0.15) is 10.1 Å². The molecule has 0 fully saturated rings. The minimum absolute atomic E-state index is 0.283. The van der Waals surface area contributed by atoms with Crippen molar-refractivity contribution in [3.8, 4) is 17.1 Å². The van der Waals surface area contributed by atoms with Gasteiger partial charge in [0.05, 0.1) is 17.6 Å². The normalized spacial score (nSPS) is 11.4. The SMILES string of the molecule is Fc1cc(-c2noc(Cc3c[nH]c4ncccc34)n2)ccc1-n1cc(Cl)cn1. The molecule has 9 heteroatoms. The van der Waals surface area contributed by atoms with Gasteiger partial charge in [0.15, 0.2) is 0 Å². The zero-order chi connectivity index (χ0) is 19.1. The fraction of sp³-hybridized carbons (Fsp3) is 0.0526. The van der Waals surface area contributed by atoms with Gasteiger partial charge in [0, 0.05) is 29.5 Å². The Balaban J connectivity index is 1.42. The Hall–Kier alpha value is -3.52. The summed E-state index contributed by atoms with van der Waals surface area (Å²) in [6.07, 6.45) is 7.02. The topological polar surface area (TPSA) is 85.4 Å². The number of halogens is 2. The maximum Gasteiger partial charge on any atom is 0.231 e. The third-order valence-corrected chi connectivity index (χ3v) is 4.55. The van der Waals surface area contributed by atoms with Crippen LogP contribution in [0.15, 0.2) is 59.6 Å². The minimum atomic E-state index is -0.466. The van der Waals surface area contributed by atoms with Crippen LogP contribution in [0.3, 0.4) is 0 Å². The van der Waals surface area contributed by atoms with Crippen molar-refractivity contribution in [3.05, 3.63) is 77.4 Å². The Morgan fingerprint density at radius 2 is 2.18 bits per heavy atom. The number of rotatable bonds is 4. The van der Waals surface area contributed by atoms with E-state index in [1.165, 1.54) is 23.1 Å². The van der Waals surface area contributed by atoms with E-state index >= 15 is 0 Å². The van der Waals surface area contributed by atoms with Crippen molar-refractivity contribution in [2.75, 3.05) is 0 Å². The summed E-state index contributed by atoms with van der Waals surface area (Å²) in [5.41, 5.74) is 2.59. The Labute approximate surface area is 162 Å². The lowest BCUT2D eigenvalue weighted by Gasteiger charge is -2.04. The molecule has 4 aromatic heterocycles. The molecule has 0 unspecified atom stereocenters. The largest absolute Gasteiger partial charge is 0.346 e. The number of aromatic amines is 1. The maximum atomic E-state index is 14.5. The summed E-state index contributed by atoms with van der Waals surface area (Å²) in [5.74, 6) is 0.284. The summed E-state index contributed by atoms with van der Waals surface area (Å²) in [6.45, 7) is 0. The molecule has 4 heterocycles. The summed E-state index contributed by atoms with van der Waals surface area (Å²) in [5, 5.41) is 9.40. The fourth-order valence-electron chi connectivity index (χ4n) is 3.03. The maximum absolute atomic E-state index is 14.5. The van der Waals surface area contributed by atoms with Crippen molar-refractivity contribution in [1.29, 1.82) is 0 Å². The van der Waals surface area contributed by atoms with Crippen LogP contribution < -0.4 is 0 Å². The van der Waals surface area contributed by atoms with Gasteiger partial charge < -0.3 is 9.51 Å². The molecule has 1 N–H and O–H groups in total. The zero-order valence-electron chi connectivity index (χ0n) is 14.3. The van der Waals surface area contributed by atoms with Crippen LogP contribution in [0.2, 0.25) is 5.02 Å². The number of aromatic nitrogens is 6. The van der Waals surface area contributed by atoms with E-state index in [1.54, 1.807) is 18.3 Å². The third-order valence-electron chi connectivity index (χ3n) is 4.35. The lowest BCUT2D eigenvalue weighted by molar-refractivity contribution is 0.386. The van der Waals surface area contributed by atoms with Gasteiger partial charge in [-0.1, -0.05) is 16.8 Å². The Kier molecular flexibility index (Phi) is 3.91. The first kappa shape index (κ1) is 16.6. The van der Waals surface area contributed by atoms with Gasteiger partial charge in [-0.25, -0.2) is 14.1 Å². The number of nitrogens with zero attached hydrogens (tertiary/aromatic N) is 5. The molecule has 0 amide bonds. The van der Waals surface area contributed by atoms with Gasteiger partial charge in [0.2, 0.25) is 11.7 Å². The highest BCUT2D eigenvalue weighted by atomic mass is 35.5. The predicted octanol–water partition coefficient (Wildman–Crippen LogP) is 4.18. The number of H-pyrrole nitrogens is 1. The summed E-state index contributed by atoms with van der Waals surface area (Å²) in [4.78, 5) is 11.8. The van der Waals surface area contributed by atoms with Crippen molar-refractivity contribution in [2.45, 2.75) is 6.42 Å².